The number of amides is 1. The summed E-state index contributed by atoms with van der Waals surface area (Å²) in [4.78, 5) is 14.6. The number of carbonyl (C=O) groups excluding carboxylic acids is 1. The van der Waals surface area contributed by atoms with E-state index in [0.29, 0.717) is 5.92 Å². The van der Waals surface area contributed by atoms with E-state index in [4.69, 9.17) is 0 Å². The molecule has 0 radical (unpaired) electrons. The molecule has 2 N–H and O–H groups in total. The Morgan fingerprint density at radius 3 is 2.79 bits per heavy atom. The second kappa shape index (κ2) is 6.91. The van der Waals surface area contributed by atoms with Crippen LogP contribution in [0.3, 0.4) is 0 Å². The molecular formula is C14H28ClN3O. The fourth-order valence-electron chi connectivity index (χ4n) is 3.20. The maximum absolute atomic E-state index is 12.3. The molecule has 5 heteroatoms. The molecule has 0 bridgehead atoms. The van der Waals surface area contributed by atoms with Crippen LogP contribution in [0.5, 0.6) is 0 Å². The predicted octanol–water partition coefficient (Wildman–Crippen LogP) is 1.25. The molecule has 4 nitrogen and oxygen atoms in total. The van der Waals surface area contributed by atoms with Gasteiger partial charge in [0.1, 0.15) is 0 Å². The van der Waals surface area contributed by atoms with E-state index in [9.17, 15) is 4.79 Å². The first kappa shape index (κ1) is 16.7. The molecule has 0 aromatic rings. The third-order valence-electron chi connectivity index (χ3n) is 4.44. The smallest absolute Gasteiger partial charge is 0.237 e. The van der Waals surface area contributed by atoms with E-state index < -0.39 is 0 Å². The summed E-state index contributed by atoms with van der Waals surface area (Å²) >= 11 is 0. The average molecular weight is 290 g/mol. The number of rotatable bonds is 3. The minimum Gasteiger partial charge on any atom is -0.354 e. The van der Waals surface area contributed by atoms with Crippen molar-refractivity contribution in [1.29, 1.82) is 0 Å². The van der Waals surface area contributed by atoms with Gasteiger partial charge in [0.15, 0.2) is 0 Å². The third-order valence-corrected chi connectivity index (χ3v) is 4.44. The summed E-state index contributed by atoms with van der Waals surface area (Å²) < 4.78 is 0. The summed E-state index contributed by atoms with van der Waals surface area (Å²) in [6.45, 7) is 8.44. The van der Waals surface area contributed by atoms with E-state index >= 15 is 0 Å². The average Bonchev–Trinajstić information content (AvgIpc) is 2.71. The van der Waals surface area contributed by atoms with Crippen LogP contribution in [0, 0.1) is 11.3 Å². The zero-order chi connectivity index (χ0) is 13.2. The Kier molecular flexibility index (Phi) is 6.09. The number of hydrogen-bond donors (Lipinski definition) is 2. The number of carbonyl (C=O) groups is 1. The van der Waals surface area contributed by atoms with E-state index in [2.05, 4.69) is 36.4 Å². The van der Waals surface area contributed by atoms with Crippen LogP contribution in [-0.2, 0) is 4.79 Å². The van der Waals surface area contributed by atoms with Crippen LogP contribution in [0.25, 0.3) is 0 Å². The second-order valence-electron chi connectivity index (χ2n) is 6.64. The number of hydrogen-bond acceptors (Lipinski definition) is 3. The van der Waals surface area contributed by atoms with Gasteiger partial charge in [0.05, 0.1) is 6.04 Å². The number of nitrogens with zero attached hydrogens (tertiary/aromatic N) is 1. The van der Waals surface area contributed by atoms with E-state index in [1.54, 1.807) is 0 Å². The minimum absolute atomic E-state index is 0. The van der Waals surface area contributed by atoms with Gasteiger partial charge in [-0.15, -0.1) is 12.4 Å². The first-order valence-corrected chi connectivity index (χ1v) is 7.19. The van der Waals surface area contributed by atoms with Gasteiger partial charge in [0, 0.05) is 13.1 Å². The highest BCUT2D eigenvalue weighted by Crippen LogP contribution is 2.30. The molecule has 0 saturated carbocycles. The van der Waals surface area contributed by atoms with Gasteiger partial charge >= 0.3 is 0 Å². The predicted molar refractivity (Wildman–Crippen MR) is 80.7 cm³/mol. The molecule has 2 aliphatic heterocycles. The van der Waals surface area contributed by atoms with Crippen LogP contribution in [0.2, 0.25) is 0 Å². The van der Waals surface area contributed by atoms with Gasteiger partial charge in [-0.2, -0.15) is 0 Å². The highest BCUT2D eigenvalue weighted by atomic mass is 35.5. The van der Waals surface area contributed by atoms with Crippen LogP contribution >= 0.6 is 12.4 Å². The van der Waals surface area contributed by atoms with Crippen molar-refractivity contribution in [2.24, 2.45) is 11.3 Å². The van der Waals surface area contributed by atoms with Crippen LogP contribution in [0.4, 0.5) is 0 Å². The number of likely N-dealkylation sites (tertiary alicyclic amines) is 1. The molecule has 0 aliphatic carbocycles. The summed E-state index contributed by atoms with van der Waals surface area (Å²) in [7, 11) is 2.15. The van der Waals surface area contributed by atoms with Gasteiger partial charge in [0.2, 0.25) is 5.91 Å². The molecule has 2 unspecified atom stereocenters. The fraction of sp³-hybridized carbons (Fsp3) is 0.929. The van der Waals surface area contributed by atoms with Crippen LogP contribution in [0.15, 0.2) is 0 Å². The van der Waals surface area contributed by atoms with E-state index in [-0.39, 0.29) is 29.8 Å². The van der Waals surface area contributed by atoms with Gasteiger partial charge in [-0.3, -0.25) is 4.79 Å². The molecule has 0 aromatic carbocycles. The van der Waals surface area contributed by atoms with E-state index in [1.165, 1.54) is 12.8 Å². The normalized spacial score (nSPS) is 30.7. The number of piperidine rings is 1. The Morgan fingerprint density at radius 2 is 2.21 bits per heavy atom. The minimum atomic E-state index is -0.0228. The van der Waals surface area contributed by atoms with Crippen molar-refractivity contribution in [1.82, 2.24) is 15.5 Å². The van der Waals surface area contributed by atoms with Crippen LogP contribution in [0.1, 0.15) is 33.1 Å². The van der Waals surface area contributed by atoms with Gasteiger partial charge < -0.3 is 15.5 Å². The summed E-state index contributed by atoms with van der Waals surface area (Å²) in [5.74, 6) is 0.819. The SMILES string of the molecule is CN1CCC(CNC(=O)C2NCCCC2(C)C)C1.Cl. The third kappa shape index (κ3) is 4.33. The Bertz CT molecular complexity index is 309. The van der Waals surface area contributed by atoms with Crippen LogP contribution in [-0.4, -0.2) is 50.1 Å². The molecule has 2 fully saturated rings. The lowest BCUT2D eigenvalue weighted by Gasteiger charge is -2.38. The second-order valence-corrected chi connectivity index (χ2v) is 6.64. The van der Waals surface area contributed by atoms with Crippen molar-refractivity contribution in [3.8, 4) is 0 Å². The summed E-state index contributed by atoms with van der Waals surface area (Å²) in [6, 6.07) is -0.0228. The monoisotopic (exact) mass is 289 g/mol. The van der Waals surface area contributed by atoms with Crippen molar-refractivity contribution in [3.63, 3.8) is 0 Å². The van der Waals surface area contributed by atoms with Crippen molar-refractivity contribution < 1.29 is 4.79 Å². The lowest BCUT2D eigenvalue weighted by Crippen LogP contribution is -2.56. The molecular weight excluding hydrogens is 262 g/mol. The summed E-state index contributed by atoms with van der Waals surface area (Å²) in [5.41, 5.74) is 0.0782. The quantitative estimate of drug-likeness (QED) is 0.822. The first-order chi connectivity index (χ1) is 8.49. The Labute approximate surface area is 123 Å². The first-order valence-electron chi connectivity index (χ1n) is 7.19. The van der Waals surface area contributed by atoms with Gasteiger partial charge in [-0.05, 0) is 50.7 Å². The largest absolute Gasteiger partial charge is 0.354 e. The summed E-state index contributed by atoms with van der Waals surface area (Å²) in [6.07, 6.45) is 3.51. The molecule has 2 saturated heterocycles. The molecule has 19 heavy (non-hydrogen) atoms. The Balaban J connectivity index is 0.00000180. The Hall–Kier alpha value is -0.320. The molecule has 2 aliphatic rings. The summed E-state index contributed by atoms with van der Waals surface area (Å²) in [5, 5.41) is 6.51. The molecule has 2 atom stereocenters. The lowest BCUT2D eigenvalue weighted by molar-refractivity contribution is -0.126. The lowest BCUT2D eigenvalue weighted by atomic mass is 9.77. The fourth-order valence-corrected chi connectivity index (χ4v) is 3.20. The number of nitrogens with one attached hydrogen (secondary N) is 2. The molecule has 1 amide bonds. The van der Waals surface area contributed by atoms with Gasteiger partial charge in [0.25, 0.3) is 0 Å². The van der Waals surface area contributed by atoms with Crippen molar-refractivity contribution in [3.05, 3.63) is 0 Å². The maximum Gasteiger partial charge on any atom is 0.237 e. The van der Waals surface area contributed by atoms with E-state index in [1.807, 2.05) is 0 Å². The zero-order valence-corrected chi connectivity index (χ0v) is 13.2. The topological polar surface area (TPSA) is 44.4 Å². The van der Waals surface area contributed by atoms with Crippen molar-refractivity contribution >= 4 is 18.3 Å². The zero-order valence-electron chi connectivity index (χ0n) is 12.4. The molecule has 2 rings (SSSR count). The standard InChI is InChI=1S/C14H27N3O.ClH/c1-14(2)6-4-7-15-12(14)13(18)16-9-11-5-8-17(3)10-11;/h11-12,15H,4-10H2,1-3H3,(H,16,18);1H. The van der Waals surface area contributed by atoms with Gasteiger partial charge in [-0.25, -0.2) is 0 Å². The molecule has 0 spiro atoms. The molecule has 2 heterocycles. The molecule has 0 aromatic heterocycles. The highest BCUT2D eigenvalue weighted by molar-refractivity contribution is 5.85. The van der Waals surface area contributed by atoms with Crippen LogP contribution < -0.4 is 10.6 Å². The van der Waals surface area contributed by atoms with Crippen molar-refractivity contribution in [2.45, 2.75) is 39.2 Å². The highest BCUT2D eigenvalue weighted by Gasteiger charge is 2.37. The number of halogens is 1. The van der Waals surface area contributed by atoms with E-state index in [0.717, 1.165) is 32.6 Å². The Morgan fingerprint density at radius 1 is 1.47 bits per heavy atom. The van der Waals surface area contributed by atoms with Crippen molar-refractivity contribution in [2.75, 3.05) is 33.2 Å². The van der Waals surface area contributed by atoms with Gasteiger partial charge in [-0.1, -0.05) is 13.8 Å². The maximum atomic E-state index is 12.3. The molecule has 112 valence electrons.